The molecule has 5 amide bonds. The van der Waals surface area contributed by atoms with Gasteiger partial charge in [0.15, 0.2) is 0 Å². The van der Waals surface area contributed by atoms with E-state index in [0.29, 0.717) is 31.8 Å². The monoisotopic (exact) mass is 360 g/mol. The Hall–Kier alpha value is -2.77. The molecule has 0 aliphatic carbocycles. The van der Waals surface area contributed by atoms with E-state index >= 15 is 0 Å². The third-order valence-corrected chi connectivity index (χ3v) is 4.57. The summed E-state index contributed by atoms with van der Waals surface area (Å²) < 4.78 is 5.60. The van der Waals surface area contributed by atoms with Crippen LogP contribution in [0.3, 0.4) is 0 Å². The molecule has 0 spiro atoms. The average molecular weight is 360 g/mol. The molecule has 2 fully saturated rings. The number of amides is 5. The lowest BCUT2D eigenvalue weighted by Gasteiger charge is -2.21. The van der Waals surface area contributed by atoms with Crippen molar-refractivity contribution in [3.8, 4) is 5.75 Å². The minimum absolute atomic E-state index is 0.0359. The predicted octanol–water partition coefficient (Wildman–Crippen LogP) is 2.02. The van der Waals surface area contributed by atoms with Crippen LogP contribution in [0.4, 0.5) is 15.3 Å². The molecule has 26 heavy (non-hydrogen) atoms. The van der Waals surface area contributed by atoms with E-state index in [2.05, 4.69) is 17.6 Å². The van der Waals surface area contributed by atoms with Crippen LogP contribution in [0.2, 0.25) is 0 Å². The van der Waals surface area contributed by atoms with Gasteiger partial charge in [-0.3, -0.25) is 9.69 Å². The van der Waals surface area contributed by atoms with Gasteiger partial charge in [-0.1, -0.05) is 13.3 Å². The van der Waals surface area contributed by atoms with E-state index in [1.807, 2.05) is 12.1 Å². The topological polar surface area (TPSA) is 91.0 Å². The van der Waals surface area contributed by atoms with Crippen molar-refractivity contribution >= 4 is 23.7 Å². The van der Waals surface area contributed by atoms with Crippen molar-refractivity contribution in [2.45, 2.75) is 32.2 Å². The minimum Gasteiger partial charge on any atom is -0.494 e. The van der Waals surface area contributed by atoms with Gasteiger partial charge in [-0.25, -0.2) is 9.59 Å². The van der Waals surface area contributed by atoms with Gasteiger partial charge >= 0.3 is 12.1 Å². The SMILES string of the molecule is CCCCOc1ccc(NC(=O)N2CCC(N3C(=O)CNC3=O)C2)cc1. The molecular weight excluding hydrogens is 336 g/mol. The summed E-state index contributed by atoms with van der Waals surface area (Å²) in [7, 11) is 0. The number of nitrogens with one attached hydrogen (secondary N) is 2. The second-order valence-electron chi connectivity index (χ2n) is 6.47. The third-order valence-electron chi connectivity index (χ3n) is 4.57. The maximum absolute atomic E-state index is 12.4. The first-order valence-corrected chi connectivity index (χ1v) is 8.97. The van der Waals surface area contributed by atoms with Crippen molar-refractivity contribution in [2.75, 3.05) is 31.6 Å². The fourth-order valence-corrected chi connectivity index (χ4v) is 3.11. The standard InChI is InChI=1S/C18H24N4O4/c1-2-3-10-26-15-6-4-13(5-7-15)20-18(25)21-9-8-14(12-21)22-16(23)11-19-17(22)24/h4-7,14H,2-3,8-12H2,1H3,(H,19,24)(H,20,25). The lowest BCUT2D eigenvalue weighted by molar-refractivity contribution is -0.126. The van der Waals surface area contributed by atoms with Gasteiger partial charge in [-0.05, 0) is 37.1 Å². The molecule has 8 heteroatoms. The molecule has 2 aliphatic heterocycles. The van der Waals surface area contributed by atoms with E-state index in [9.17, 15) is 14.4 Å². The smallest absolute Gasteiger partial charge is 0.324 e. The van der Waals surface area contributed by atoms with Gasteiger partial charge in [0.05, 0.1) is 19.2 Å². The first kappa shape index (κ1) is 18.0. The molecule has 3 rings (SSSR count). The molecule has 1 aromatic carbocycles. The van der Waals surface area contributed by atoms with Crippen molar-refractivity contribution in [1.29, 1.82) is 0 Å². The number of rotatable bonds is 6. The Labute approximate surface area is 152 Å². The van der Waals surface area contributed by atoms with Crippen LogP contribution in [0, 0.1) is 0 Å². The Bertz CT molecular complexity index is 660. The van der Waals surface area contributed by atoms with Crippen LogP contribution in [-0.4, -0.2) is 60.1 Å². The number of hydrogen-bond acceptors (Lipinski definition) is 4. The van der Waals surface area contributed by atoms with E-state index < -0.39 is 0 Å². The quantitative estimate of drug-likeness (QED) is 0.600. The highest BCUT2D eigenvalue weighted by atomic mass is 16.5. The molecule has 2 N–H and O–H groups in total. The average Bonchev–Trinajstić information content (AvgIpc) is 3.23. The summed E-state index contributed by atoms with van der Waals surface area (Å²) in [6.45, 7) is 3.68. The van der Waals surface area contributed by atoms with Gasteiger partial charge in [0.2, 0.25) is 5.91 Å². The van der Waals surface area contributed by atoms with Crippen LogP contribution in [-0.2, 0) is 4.79 Å². The van der Waals surface area contributed by atoms with Crippen molar-refractivity contribution < 1.29 is 19.1 Å². The molecule has 1 unspecified atom stereocenters. The number of urea groups is 2. The second kappa shape index (κ2) is 8.07. The number of likely N-dealkylation sites (tertiary alicyclic amines) is 1. The third kappa shape index (κ3) is 4.07. The normalized spacial score (nSPS) is 19.7. The molecule has 0 radical (unpaired) electrons. The van der Waals surface area contributed by atoms with Crippen LogP contribution >= 0.6 is 0 Å². The van der Waals surface area contributed by atoms with Crippen LogP contribution in [0.5, 0.6) is 5.75 Å². The molecule has 2 heterocycles. The first-order chi connectivity index (χ1) is 12.6. The molecule has 1 aromatic rings. The molecule has 0 aromatic heterocycles. The maximum atomic E-state index is 12.4. The molecule has 140 valence electrons. The van der Waals surface area contributed by atoms with Crippen LogP contribution in [0.15, 0.2) is 24.3 Å². The number of imide groups is 1. The number of carbonyl (C=O) groups is 3. The van der Waals surface area contributed by atoms with E-state index in [1.165, 1.54) is 4.90 Å². The molecule has 2 saturated heterocycles. The molecule has 8 nitrogen and oxygen atoms in total. The van der Waals surface area contributed by atoms with Crippen molar-refractivity contribution in [3.63, 3.8) is 0 Å². The highest BCUT2D eigenvalue weighted by Crippen LogP contribution is 2.20. The number of unbranched alkanes of at least 4 members (excludes halogenated alkanes) is 1. The van der Waals surface area contributed by atoms with Gasteiger partial charge in [-0.2, -0.15) is 0 Å². The van der Waals surface area contributed by atoms with E-state index in [0.717, 1.165) is 18.6 Å². The molecular formula is C18H24N4O4. The van der Waals surface area contributed by atoms with Crippen molar-refractivity contribution in [3.05, 3.63) is 24.3 Å². The van der Waals surface area contributed by atoms with Gasteiger partial charge in [0.1, 0.15) is 5.75 Å². The summed E-state index contributed by atoms with van der Waals surface area (Å²) in [5.41, 5.74) is 0.677. The van der Waals surface area contributed by atoms with Gasteiger partial charge in [-0.15, -0.1) is 0 Å². The summed E-state index contributed by atoms with van der Waals surface area (Å²) >= 11 is 0. The van der Waals surface area contributed by atoms with Crippen molar-refractivity contribution in [2.24, 2.45) is 0 Å². The fraction of sp³-hybridized carbons (Fsp3) is 0.500. The number of benzene rings is 1. The first-order valence-electron chi connectivity index (χ1n) is 8.97. The minimum atomic E-state index is -0.374. The van der Waals surface area contributed by atoms with E-state index in [4.69, 9.17) is 4.74 Å². The Kier molecular flexibility index (Phi) is 5.60. The lowest BCUT2D eigenvalue weighted by Crippen LogP contribution is -2.43. The Morgan fingerprint density at radius 2 is 2.08 bits per heavy atom. The Balaban J connectivity index is 1.51. The van der Waals surface area contributed by atoms with Crippen molar-refractivity contribution in [1.82, 2.24) is 15.1 Å². The zero-order chi connectivity index (χ0) is 18.5. The van der Waals surface area contributed by atoms with Crippen LogP contribution < -0.4 is 15.4 Å². The fourth-order valence-electron chi connectivity index (χ4n) is 3.11. The molecule has 2 aliphatic rings. The van der Waals surface area contributed by atoms with Gasteiger partial charge in [0, 0.05) is 18.8 Å². The maximum Gasteiger partial charge on any atom is 0.324 e. The van der Waals surface area contributed by atoms with Crippen LogP contribution in [0.1, 0.15) is 26.2 Å². The summed E-state index contributed by atoms with van der Waals surface area (Å²) in [6.07, 6.45) is 2.68. The molecule has 0 saturated carbocycles. The predicted molar refractivity (Wildman–Crippen MR) is 96.1 cm³/mol. The molecule has 1 atom stereocenters. The molecule has 0 bridgehead atoms. The highest BCUT2D eigenvalue weighted by molar-refractivity contribution is 6.02. The van der Waals surface area contributed by atoms with E-state index in [1.54, 1.807) is 17.0 Å². The Morgan fingerprint density at radius 3 is 2.73 bits per heavy atom. The highest BCUT2D eigenvalue weighted by Gasteiger charge is 2.39. The van der Waals surface area contributed by atoms with Gasteiger partial charge < -0.3 is 20.3 Å². The zero-order valence-corrected chi connectivity index (χ0v) is 14.9. The Morgan fingerprint density at radius 1 is 1.31 bits per heavy atom. The summed E-state index contributed by atoms with van der Waals surface area (Å²) in [5, 5.41) is 5.35. The zero-order valence-electron chi connectivity index (χ0n) is 14.9. The number of carbonyl (C=O) groups excluding carboxylic acids is 3. The number of nitrogens with zero attached hydrogens (tertiary/aromatic N) is 2. The summed E-state index contributed by atoms with van der Waals surface area (Å²) in [6, 6.07) is 6.37. The number of hydrogen-bond donors (Lipinski definition) is 2. The van der Waals surface area contributed by atoms with Gasteiger partial charge in [0.25, 0.3) is 0 Å². The largest absolute Gasteiger partial charge is 0.494 e. The summed E-state index contributed by atoms with van der Waals surface area (Å²) in [4.78, 5) is 38.8. The van der Waals surface area contributed by atoms with E-state index in [-0.39, 0.29) is 30.6 Å². The summed E-state index contributed by atoms with van der Waals surface area (Å²) in [5.74, 6) is 0.539. The number of anilines is 1. The lowest BCUT2D eigenvalue weighted by atomic mass is 10.2. The van der Waals surface area contributed by atoms with Crippen LogP contribution in [0.25, 0.3) is 0 Å². The second-order valence-corrected chi connectivity index (χ2v) is 6.47. The number of ether oxygens (including phenoxy) is 1.